The van der Waals surface area contributed by atoms with Crippen LogP contribution in [-0.4, -0.2) is 15.4 Å². The predicted octanol–water partition coefficient (Wildman–Crippen LogP) is 0.597. The first kappa shape index (κ1) is 8.07. The smallest absolute Gasteiger partial charge is 0.0842 e. The second-order valence-electron chi connectivity index (χ2n) is 1.38. The van der Waals surface area contributed by atoms with Gasteiger partial charge in [-0.1, -0.05) is 13.3 Å². The summed E-state index contributed by atoms with van der Waals surface area (Å²) in [6, 6.07) is 0. The van der Waals surface area contributed by atoms with E-state index in [4.69, 9.17) is 0 Å². The Hall–Kier alpha value is 0.0700. The average Bonchev–Trinajstić information content (AvgIpc) is 1.66. The Labute approximate surface area is 51.5 Å². The number of rotatable bonds is 4. The minimum Gasteiger partial charge on any atom is -0.750 e. The lowest BCUT2D eigenvalue weighted by Crippen LogP contribution is -1.96. The largest absolute Gasteiger partial charge is 0.750 e. The zero-order chi connectivity index (χ0) is 6.41. The van der Waals surface area contributed by atoms with Crippen molar-refractivity contribution in [1.82, 2.24) is 0 Å². The Morgan fingerprint density at radius 3 is 2.75 bits per heavy atom. The van der Waals surface area contributed by atoms with Crippen LogP contribution in [0.2, 0.25) is 0 Å². The quantitative estimate of drug-likeness (QED) is 0.421. The van der Waals surface area contributed by atoms with Gasteiger partial charge >= 0.3 is 0 Å². The van der Waals surface area contributed by atoms with Crippen LogP contribution in [0.25, 0.3) is 0 Å². The molecular weight excluding hydrogens is 128 g/mol. The Kier molecular flexibility index (Phi) is 5.26. The second-order valence-corrected chi connectivity index (χ2v) is 2.02. The van der Waals surface area contributed by atoms with Crippen molar-refractivity contribution in [3.63, 3.8) is 0 Å². The zero-order valence-electron chi connectivity index (χ0n) is 4.75. The highest BCUT2D eigenvalue weighted by atomic mass is 32.2. The van der Waals surface area contributed by atoms with Crippen molar-refractivity contribution >= 4 is 11.4 Å². The van der Waals surface area contributed by atoms with Gasteiger partial charge in [-0.15, -0.1) is 0 Å². The summed E-state index contributed by atoms with van der Waals surface area (Å²) >= 11 is -2.32. The fraction of sp³-hybridized carbons (Fsp3) is 1.00. The van der Waals surface area contributed by atoms with Crippen molar-refractivity contribution < 1.29 is 12.9 Å². The van der Waals surface area contributed by atoms with Gasteiger partial charge in [-0.05, 0) is 6.42 Å². The Balaban J connectivity index is 2.82. The molecule has 0 aliphatic carbocycles. The molecule has 0 aromatic heterocycles. The molecule has 0 heterocycles. The Morgan fingerprint density at radius 1 is 1.75 bits per heavy atom. The predicted molar refractivity (Wildman–Crippen MR) is 29.8 cm³/mol. The molecule has 50 valence electrons. The lowest BCUT2D eigenvalue weighted by molar-refractivity contribution is 0.294. The topological polar surface area (TPSA) is 49.4 Å². The molecule has 3 nitrogen and oxygen atoms in total. The van der Waals surface area contributed by atoms with Crippen molar-refractivity contribution in [2.45, 2.75) is 19.8 Å². The highest BCUT2D eigenvalue weighted by molar-refractivity contribution is 7.74. The third kappa shape index (κ3) is 6.07. The third-order valence-electron chi connectivity index (χ3n) is 0.677. The highest BCUT2D eigenvalue weighted by Crippen LogP contribution is 1.88. The van der Waals surface area contributed by atoms with Gasteiger partial charge in [0.1, 0.15) is 0 Å². The van der Waals surface area contributed by atoms with Crippen LogP contribution in [0.3, 0.4) is 0 Å². The molecular formula is C4H9O3S-. The molecule has 0 amide bonds. The molecule has 0 N–H and O–H groups in total. The zero-order valence-corrected chi connectivity index (χ0v) is 5.57. The van der Waals surface area contributed by atoms with E-state index in [0.29, 0.717) is 6.61 Å². The average molecular weight is 137 g/mol. The summed E-state index contributed by atoms with van der Waals surface area (Å²) in [6.45, 7) is 2.28. The van der Waals surface area contributed by atoms with E-state index in [-0.39, 0.29) is 0 Å². The van der Waals surface area contributed by atoms with E-state index in [2.05, 4.69) is 4.18 Å². The Morgan fingerprint density at radius 2 is 2.38 bits per heavy atom. The van der Waals surface area contributed by atoms with Crippen LogP contribution in [0.5, 0.6) is 0 Å². The SMILES string of the molecule is CCCCOS(=O)[O-]. The van der Waals surface area contributed by atoms with Crippen molar-refractivity contribution in [2.75, 3.05) is 6.61 Å². The Bertz CT molecular complexity index is 73.7. The molecule has 0 spiro atoms. The van der Waals surface area contributed by atoms with Gasteiger partial charge in [0.05, 0.1) is 18.0 Å². The van der Waals surface area contributed by atoms with Crippen LogP contribution in [0.15, 0.2) is 0 Å². The first-order valence-corrected chi connectivity index (χ1v) is 3.50. The van der Waals surface area contributed by atoms with E-state index in [1.165, 1.54) is 0 Å². The summed E-state index contributed by atoms with van der Waals surface area (Å²) in [5.74, 6) is 0. The minimum atomic E-state index is -2.32. The first-order chi connectivity index (χ1) is 3.77. The minimum absolute atomic E-state index is 0.312. The summed E-state index contributed by atoms with van der Waals surface area (Å²) in [4.78, 5) is 0. The first-order valence-electron chi connectivity index (χ1n) is 2.50. The van der Waals surface area contributed by atoms with E-state index in [1.54, 1.807) is 0 Å². The fourth-order valence-electron chi connectivity index (χ4n) is 0.271. The van der Waals surface area contributed by atoms with Crippen molar-refractivity contribution in [3.8, 4) is 0 Å². The molecule has 1 unspecified atom stereocenters. The third-order valence-corrected chi connectivity index (χ3v) is 1.04. The van der Waals surface area contributed by atoms with Gasteiger partial charge in [-0.25, -0.2) is 4.21 Å². The molecule has 0 bridgehead atoms. The lowest BCUT2D eigenvalue weighted by atomic mass is 10.4. The van der Waals surface area contributed by atoms with Crippen LogP contribution in [0.1, 0.15) is 19.8 Å². The maximum Gasteiger partial charge on any atom is 0.0842 e. The van der Waals surface area contributed by atoms with Gasteiger partial charge in [-0.2, -0.15) is 0 Å². The maximum absolute atomic E-state index is 9.65. The fourth-order valence-corrected chi connectivity index (χ4v) is 0.525. The van der Waals surface area contributed by atoms with Crippen LogP contribution < -0.4 is 0 Å². The molecule has 0 radical (unpaired) electrons. The highest BCUT2D eigenvalue weighted by Gasteiger charge is 1.82. The molecule has 0 aromatic rings. The van der Waals surface area contributed by atoms with E-state index < -0.39 is 11.4 Å². The van der Waals surface area contributed by atoms with Gasteiger partial charge in [0.25, 0.3) is 0 Å². The molecule has 0 saturated heterocycles. The standard InChI is InChI=1S/C4H10O3S/c1-2-3-4-7-8(5)6/h2-4H2,1H3,(H,5,6)/p-1. The van der Waals surface area contributed by atoms with Gasteiger partial charge in [0, 0.05) is 0 Å². The van der Waals surface area contributed by atoms with E-state index in [1.807, 2.05) is 6.92 Å². The molecule has 0 aliphatic rings. The summed E-state index contributed by atoms with van der Waals surface area (Å²) in [6.07, 6.45) is 1.76. The molecule has 0 saturated carbocycles. The lowest BCUT2D eigenvalue weighted by Gasteiger charge is -2.02. The van der Waals surface area contributed by atoms with Gasteiger partial charge in [0.2, 0.25) is 0 Å². The van der Waals surface area contributed by atoms with Crippen molar-refractivity contribution in [1.29, 1.82) is 0 Å². The van der Waals surface area contributed by atoms with Crippen molar-refractivity contribution in [2.24, 2.45) is 0 Å². The maximum atomic E-state index is 9.65. The molecule has 8 heavy (non-hydrogen) atoms. The summed E-state index contributed by atoms with van der Waals surface area (Å²) < 4.78 is 23.5. The number of unbranched alkanes of at least 4 members (excludes halogenated alkanes) is 1. The molecule has 0 rings (SSSR count). The van der Waals surface area contributed by atoms with E-state index in [9.17, 15) is 8.76 Å². The molecule has 0 aliphatic heterocycles. The van der Waals surface area contributed by atoms with Gasteiger partial charge in [0.15, 0.2) is 0 Å². The molecule has 0 aromatic carbocycles. The second kappa shape index (κ2) is 5.21. The van der Waals surface area contributed by atoms with E-state index >= 15 is 0 Å². The van der Waals surface area contributed by atoms with Gasteiger partial charge in [-0.3, -0.25) is 0 Å². The number of hydrogen-bond donors (Lipinski definition) is 0. The molecule has 1 atom stereocenters. The number of hydrogen-bond acceptors (Lipinski definition) is 3. The van der Waals surface area contributed by atoms with Crippen LogP contribution in [0, 0.1) is 0 Å². The normalized spacial score (nSPS) is 13.8. The monoisotopic (exact) mass is 137 g/mol. The molecule has 4 heteroatoms. The molecule has 0 fully saturated rings. The van der Waals surface area contributed by atoms with Gasteiger partial charge < -0.3 is 8.74 Å². The van der Waals surface area contributed by atoms with Crippen molar-refractivity contribution in [3.05, 3.63) is 0 Å². The summed E-state index contributed by atoms with van der Waals surface area (Å²) in [5.41, 5.74) is 0. The van der Waals surface area contributed by atoms with Crippen LogP contribution in [-0.2, 0) is 15.5 Å². The summed E-state index contributed by atoms with van der Waals surface area (Å²) in [7, 11) is 0. The van der Waals surface area contributed by atoms with Crippen LogP contribution in [0.4, 0.5) is 0 Å². The van der Waals surface area contributed by atoms with Crippen LogP contribution >= 0.6 is 0 Å². The van der Waals surface area contributed by atoms with E-state index in [0.717, 1.165) is 12.8 Å². The summed E-state index contributed by atoms with van der Waals surface area (Å²) in [5, 5.41) is 0.